The Morgan fingerprint density at radius 1 is 1.05 bits per heavy atom. The van der Waals surface area contributed by atoms with Gasteiger partial charge in [-0.25, -0.2) is 5.01 Å². The fourth-order valence-corrected chi connectivity index (χ4v) is 4.16. The number of amides is 1. The number of benzene rings is 2. The number of aryl methyl sites for hydroxylation is 1. The molecule has 37 heavy (non-hydrogen) atoms. The molecule has 1 aromatic heterocycles. The lowest BCUT2D eigenvalue weighted by molar-refractivity contribution is -0.137. The number of alkyl halides is 3. The topological polar surface area (TPSA) is 70.0 Å². The number of nitrogens with one attached hydrogen (secondary N) is 1. The Morgan fingerprint density at radius 2 is 1.84 bits per heavy atom. The molecule has 0 spiro atoms. The van der Waals surface area contributed by atoms with Gasteiger partial charge in [-0.05, 0) is 96.8 Å². The molecule has 186 valence electrons. The highest BCUT2D eigenvalue weighted by atomic mass is 19.4. The van der Waals surface area contributed by atoms with E-state index in [1.807, 2.05) is 32.1 Å². The van der Waals surface area contributed by atoms with E-state index in [0.29, 0.717) is 16.7 Å². The quantitative estimate of drug-likeness (QED) is 0.454. The van der Waals surface area contributed by atoms with Crippen LogP contribution in [0, 0.1) is 6.92 Å². The molecule has 0 saturated heterocycles. The Bertz CT molecular complexity index is 1490. The minimum absolute atomic E-state index is 0.0454. The number of rotatable bonds is 4. The highest BCUT2D eigenvalue weighted by molar-refractivity contribution is 6.05. The van der Waals surface area contributed by atoms with Gasteiger partial charge in [-0.3, -0.25) is 14.8 Å². The normalized spacial score (nSPS) is 17.6. The van der Waals surface area contributed by atoms with Crippen molar-refractivity contribution in [3.05, 3.63) is 101 Å². The Kier molecular flexibility index (Phi) is 6.20. The number of hydrogen-bond donors (Lipinski definition) is 1. The summed E-state index contributed by atoms with van der Waals surface area (Å²) in [6.45, 7) is 3.88. The summed E-state index contributed by atoms with van der Waals surface area (Å²) in [6, 6.07) is 11.8. The lowest BCUT2D eigenvalue weighted by Crippen LogP contribution is -2.22. The summed E-state index contributed by atoms with van der Waals surface area (Å²) in [5.41, 5.74) is 2.97. The summed E-state index contributed by atoms with van der Waals surface area (Å²) >= 11 is 0. The van der Waals surface area contributed by atoms with E-state index in [1.165, 1.54) is 18.5 Å². The maximum atomic E-state index is 13.6. The zero-order valence-corrected chi connectivity index (χ0v) is 20.0. The summed E-state index contributed by atoms with van der Waals surface area (Å²) in [7, 11) is 0. The van der Waals surface area contributed by atoms with Crippen LogP contribution in [-0.4, -0.2) is 34.0 Å². The van der Waals surface area contributed by atoms with Gasteiger partial charge >= 0.3 is 6.18 Å². The first-order valence-corrected chi connectivity index (χ1v) is 11.5. The van der Waals surface area contributed by atoms with Gasteiger partial charge < -0.3 is 5.32 Å². The lowest BCUT2D eigenvalue weighted by Gasteiger charge is -2.18. The first-order chi connectivity index (χ1) is 17.7. The molecule has 2 aromatic carbocycles. The van der Waals surface area contributed by atoms with Crippen molar-refractivity contribution in [1.82, 2.24) is 9.99 Å². The number of carbonyl (C=O) groups excluding carboxylic acids is 1. The number of aliphatic imine (C=N–C) groups is 1. The van der Waals surface area contributed by atoms with Gasteiger partial charge in [0.15, 0.2) is 0 Å². The van der Waals surface area contributed by atoms with Crippen LogP contribution >= 0.6 is 0 Å². The maximum Gasteiger partial charge on any atom is 0.416 e. The molecule has 3 aromatic rings. The largest absolute Gasteiger partial charge is 0.416 e. The van der Waals surface area contributed by atoms with Crippen molar-refractivity contribution in [3.63, 3.8) is 0 Å². The number of aromatic nitrogens is 1. The Labute approximate surface area is 211 Å². The van der Waals surface area contributed by atoms with E-state index in [4.69, 9.17) is 0 Å². The van der Waals surface area contributed by atoms with Crippen LogP contribution in [0.25, 0.3) is 17.2 Å². The van der Waals surface area contributed by atoms with Gasteiger partial charge in [0.2, 0.25) is 0 Å². The summed E-state index contributed by atoms with van der Waals surface area (Å²) in [6.07, 6.45) is 5.72. The molecular weight excluding hydrogens is 479 g/mol. The predicted molar refractivity (Wildman–Crippen MR) is 138 cm³/mol. The van der Waals surface area contributed by atoms with Crippen LogP contribution in [0.15, 0.2) is 88.9 Å². The SMILES string of the molecule is Cc1ccc(C(=O)Nc2cc(-c3ccncc3)cc(C(F)(F)F)c2)cc1C=C1C(C)N=C2C=CC=NN12. The number of carbonyl (C=O) groups is 1. The van der Waals surface area contributed by atoms with Gasteiger partial charge in [0.1, 0.15) is 5.84 Å². The van der Waals surface area contributed by atoms with Crippen LogP contribution in [0.5, 0.6) is 0 Å². The first kappa shape index (κ1) is 24.2. The van der Waals surface area contributed by atoms with Crippen LogP contribution < -0.4 is 5.32 Å². The Morgan fingerprint density at radius 3 is 2.59 bits per heavy atom. The molecule has 0 saturated carbocycles. The van der Waals surface area contributed by atoms with E-state index in [2.05, 4.69) is 20.4 Å². The summed E-state index contributed by atoms with van der Waals surface area (Å²) in [5, 5.41) is 8.76. The molecule has 1 unspecified atom stereocenters. The van der Waals surface area contributed by atoms with E-state index in [0.717, 1.165) is 34.8 Å². The maximum absolute atomic E-state index is 13.6. The first-order valence-electron chi connectivity index (χ1n) is 11.5. The van der Waals surface area contributed by atoms with Crippen LogP contribution in [0.2, 0.25) is 0 Å². The molecule has 2 aliphatic rings. The summed E-state index contributed by atoms with van der Waals surface area (Å²) in [4.78, 5) is 21.6. The average molecular weight is 502 g/mol. The smallest absolute Gasteiger partial charge is 0.322 e. The van der Waals surface area contributed by atoms with Gasteiger partial charge in [0.05, 0.1) is 17.3 Å². The third-order valence-corrected chi connectivity index (χ3v) is 6.11. The third-order valence-electron chi connectivity index (χ3n) is 6.11. The van der Waals surface area contributed by atoms with Crippen LogP contribution in [0.3, 0.4) is 0 Å². The highest BCUT2D eigenvalue weighted by Crippen LogP contribution is 2.35. The Hall–Kier alpha value is -4.53. The fraction of sp³-hybridized carbons (Fsp3) is 0.143. The number of hydrazone groups is 1. The molecule has 2 aliphatic heterocycles. The Balaban J connectivity index is 1.45. The minimum atomic E-state index is -4.57. The second-order valence-corrected chi connectivity index (χ2v) is 8.73. The van der Waals surface area contributed by atoms with Crippen LogP contribution in [0.1, 0.15) is 34.0 Å². The van der Waals surface area contributed by atoms with Crippen molar-refractivity contribution in [1.29, 1.82) is 0 Å². The van der Waals surface area contributed by atoms with Gasteiger partial charge in [-0.1, -0.05) is 6.07 Å². The minimum Gasteiger partial charge on any atom is -0.322 e. The second-order valence-electron chi connectivity index (χ2n) is 8.73. The van der Waals surface area contributed by atoms with E-state index in [1.54, 1.807) is 41.6 Å². The molecule has 5 rings (SSSR count). The molecule has 0 bridgehead atoms. The average Bonchev–Trinajstić information content (AvgIpc) is 3.20. The van der Waals surface area contributed by atoms with Crippen LogP contribution in [-0.2, 0) is 6.18 Å². The molecule has 1 atom stereocenters. The van der Waals surface area contributed by atoms with Gasteiger partial charge in [0.25, 0.3) is 5.91 Å². The number of allylic oxidation sites excluding steroid dienone is 1. The third kappa shape index (κ3) is 5.06. The molecule has 0 fully saturated rings. The molecule has 0 aliphatic carbocycles. The molecule has 0 radical (unpaired) electrons. The van der Waals surface area contributed by atoms with E-state index < -0.39 is 17.6 Å². The van der Waals surface area contributed by atoms with Gasteiger partial charge in [-0.2, -0.15) is 18.3 Å². The van der Waals surface area contributed by atoms with E-state index in [-0.39, 0.29) is 11.7 Å². The standard InChI is InChI=1S/C28H22F3N5O/c1-17-5-6-20(12-21(17)15-25-18(2)34-26-4-3-9-33-36(25)26)27(37)35-24-14-22(19-7-10-32-11-8-19)13-23(16-24)28(29,30)31/h3-16,18H,1-2H3,(H,35,37). The molecule has 1 N–H and O–H groups in total. The fourth-order valence-electron chi connectivity index (χ4n) is 4.16. The summed E-state index contributed by atoms with van der Waals surface area (Å²) < 4.78 is 40.8. The number of pyridine rings is 1. The molecule has 6 nitrogen and oxygen atoms in total. The number of fused-ring (bicyclic) bond motifs is 1. The number of anilines is 1. The molecule has 9 heteroatoms. The number of amidine groups is 1. The van der Waals surface area contributed by atoms with Crippen molar-refractivity contribution in [2.45, 2.75) is 26.1 Å². The predicted octanol–water partition coefficient (Wildman–Crippen LogP) is 6.33. The van der Waals surface area contributed by atoms with Crippen molar-refractivity contribution in [3.8, 4) is 11.1 Å². The monoisotopic (exact) mass is 501 g/mol. The van der Waals surface area contributed by atoms with Gasteiger partial charge in [-0.15, -0.1) is 0 Å². The van der Waals surface area contributed by atoms with Crippen molar-refractivity contribution in [2.75, 3.05) is 5.32 Å². The van der Waals surface area contributed by atoms with E-state index in [9.17, 15) is 18.0 Å². The zero-order valence-electron chi connectivity index (χ0n) is 20.0. The van der Waals surface area contributed by atoms with Crippen molar-refractivity contribution >= 4 is 29.7 Å². The van der Waals surface area contributed by atoms with Crippen LogP contribution in [0.4, 0.5) is 18.9 Å². The summed E-state index contributed by atoms with van der Waals surface area (Å²) in [5.74, 6) is 0.220. The molecule has 3 heterocycles. The molecular formula is C28H22F3N5O. The van der Waals surface area contributed by atoms with Crippen molar-refractivity contribution in [2.24, 2.45) is 10.1 Å². The highest BCUT2D eigenvalue weighted by Gasteiger charge is 2.32. The van der Waals surface area contributed by atoms with E-state index >= 15 is 0 Å². The number of halogens is 3. The van der Waals surface area contributed by atoms with Crippen molar-refractivity contribution < 1.29 is 18.0 Å². The number of hydrogen-bond acceptors (Lipinski definition) is 5. The zero-order chi connectivity index (χ0) is 26.2. The molecule has 1 amide bonds. The second kappa shape index (κ2) is 9.50. The lowest BCUT2D eigenvalue weighted by atomic mass is 10.0. The van der Waals surface area contributed by atoms with Gasteiger partial charge in [0, 0.05) is 29.9 Å². The number of nitrogens with zero attached hydrogens (tertiary/aromatic N) is 4.